The summed E-state index contributed by atoms with van der Waals surface area (Å²) in [5.74, 6) is -0.815. The number of carbonyl (C=O) groups is 1. The van der Waals surface area contributed by atoms with E-state index in [1.165, 1.54) is 0 Å². The first-order valence-electron chi connectivity index (χ1n) is 6.46. The lowest BCUT2D eigenvalue weighted by atomic mass is 9.90. The number of rotatable bonds is 7. The molecule has 4 nitrogen and oxygen atoms in total. The summed E-state index contributed by atoms with van der Waals surface area (Å²) in [6.45, 7) is 4.04. The number of methoxy groups -OCH3 is 1. The van der Waals surface area contributed by atoms with E-state index >= 15 is 0 Å². The van der Waals surface area contributed by atoms with E-state index in [0.717, 1.165) is 17.5 Å². The Bertz CT molecular complexity index is 429. The van der Waals surface area contributed by atoms with Crippen LogP contribution in [0.1, 0.15) is 43.9 Å². The zero-order valence-corrected chi connectivity index (χ0v) is 11.8. The molecule has 1 unspecified atom stereocenters. The summed E-state index contributed by atoms with van der Waals surface area (Å²) in [5, 5.41) is 8.73. The van der Waals surface area contributed by atoms with Crippen LogP contribution in [0.3, 0.4) is 0 Å². The quantitative estimate of drug-likeness (QED) is 0.794. The normalized spacial score (nSPS) is 13.3. The predicted molar refractivity (Wildman–Crippen MR) is 75.0 cm³/mol. The van der Waals surface area contributed by atoms with Gasteiger partial charge in [-0.2, -0.15) is 0 Å². The van der Waals surface area contributed by atoms with Crippen molar-refractivity contribution in [3.63, 3.8) is 0 Å². The van der Waals surface area contributed by atoms with Crippen molar-refractivity contribution in [2.24, 2.45) is 5.73 Å². The molecule has 0 bridgehead atoms. The van der Waals surface area contributed by atoms with Gasteiger partial charge in [0.25, 0.3) is 0 Å². The lowest BCUT2D eigenvalue weighted by Gasteiger charge is -2.25. The third kappa shape index (κ3) is 5.01. The molecule has 0 fully saturated rings. The molecule has 0 spiro atoms. The molecule has 0 aliphatic rings. The molecule has 1 rings (SSSR count). The topological polar surface area (TPSA) is 72.5 Å². The van der Waals surface area contributed by atoms with Crippen molar-refractivity contribution in [1.29, 1.82) is 0 Å². The van der Waals surface area contributed by atoms with Crippen LogP contribution < -0.4 is 5.73 Å². The van der Waals surface area contributed by atoms with Crippen molar-refractivity contribution in [2.45, 2.75) is 44.8 Å². The van der Waals surface area contributed by atoms with E-state index in [2.05, 4.69) is 0 Å². The summed E-state index contributed by atoms with van der Waals surface area (Å²) >= 11 is 0. The fourth-order valence-corrected chi connectivity index (χ4v) is 2.02. The van der Waals surface area contributed by atoms with Crippen LogP contribution >= 0.6 is 0 Å². The highest BCUT2D eigenvalue weighted by molar-refractivity contribution is 5.66. The number of hydrogen-bond acceptors (Lipinski definition) is 3. The number of carboxylic acid groups (broad SMARTS) is 1. The second kappa shape index (κ2) is 6.68. The predicted octanol–water partition coefficient (Wildman–Crippen LogP) is 2.52. The number of nitrogens with two attached hydrogens (primary N) is 1. The van der Waals surface area contributed by atoms with Crippen molar-refractivity contribution in [3.05, 3.63) is 35.4 Å². The summed E-state index contributed by atoms with van der Waals surface area (Å²) in [4.78, 5) is 10.6. The van der Waals surface area contributed by atoms with Crippen molar-refractivity contribution < 1.29 is 14.6 Å². The van der Waals surface area contributed by atoms with E-state index in [1.807, 2.05) is 38.1 Å². The molecule has 0 aliphatic carbocycles. The molecule has 1 aromatic rings. The molecule has 0 heterocycles. The van der Waals surface area contributed by atoms with Crippen molar-refractivity contribution >= 4 is 5.97 Å². The Hall–Kier alpha value is -1.39. The third-order valence-electron chi connectivity index (χ3n) is 3.29. The Balaban J connectivity index is 2.86. The van der Waals surface area contributed by atoms with Gasteiger partial charge in [-0.1, -0.05) is 24.3 Å². The lowest BCUT2D eigenvalue weighted by Crippen LogP contribution is -2.27. The maximum atomic E-state index is 10.6. The van der Waals surface area contributed by atoms with Gasteiger partial charge >= 0.3 is 5.97 Å². The highest BCUT2D eigenvalue weighted by atomic mass is 16.5. The molecule has 0 amide bonds. The molecule has 4 heteroatoms. The monoisotopic (exact) mass is 265 g/mol. The van der Waals surface area contributed by atoms with E-state index in [1.54, 1.807) is 7.11 Å². The van der Waals surface area contributed by atoms with Gasteiger partial charge in [0, 0.05) is 26.0 Å². The van der Waals surface area contributed by atoms with Gasteiger partial charge in [-0.05, 0) is 31.4 Å². The molecule has 19 heavy (non-hydrogen) atoms. The largest absolute Gasteiger partial charge is 0.481 e. The van der Waals surface area contributed by atoms with Gasteiger partial charge in [-0.15, -0.1) is 0 Å². The van der Waals surface area contributed by atoms with Gasteiger partial charge < -0.3 is 15.6 Å². The maximum absolute atomic E-state index is 10.6. The minimum atomic E-state index is -0.815. The average molecular weight is 265 g/mol. The minimum Gasteiger partial charge on any atom is -0.481 e. The third-order valence-corrected chi connectivity index (χ3v) is 3.29. The van der Waals surface area contributed by atoms with Crippen molar-refractivity contribution in [3.8, 4) is 0 Å². The van der Waals surface area contributed by atoms with Crippen LogP contribution in [0, 0.1) is 0 Å². The standard InChI is InChI=1S/C15H23NO3/c1-15(2,19-3)10-11-6-4-5-7-12(11)13(16)8-9-14(17)18/h4-7,13H,8-10,16H2,1-3H3,(H,17,18). The van der Waals surface area contributed by atoms with E-state index in [9.17, 15) is 4.79 Å². The van der Waals surface area contributed by atoms with Gasteiger partial charge in [-0.25, -0.2) is 0 Å². The van der Waals surface area contributed by atoms with Gasteiger partial charge in [0.05, 0.1) is 5.60 Å². The summed E-state index contributed by atoms with van der Waals surface area (Å²) < 4.78 is 5.44. The van der Waals surface area contributed by atoms with Crippen molar-refractivity contribution in [1.82, 2.24) is 0 Å². The number of hydrogen-bond donors (Lipinski definition) is 2. The maximum Gasteiger partial charge on any atom is 0.303 e. The Morgan fingerprint density at radius 3 is 2.63 bits per heavy atom. The first-order valence-corrected chi connectivity index (χ1v) is 6.46. The van der Waals surface area contributed by atoms with Gasteiger partial charge in [0.2, 0.25) is 0 Å². The number of carboxylic acids is 1. The summed E-state index contributed by atoms with van der Waals surface area (Å²) in [5.41, 5.74) is 7.97. The fraction of sp³-hybridized carbons (Fsp3) is 0.533. The second-order valence-corrected chi connectivity index (χ2v) is 5.38. The van der Waals surface area contributed by atoms with Crippen LogP contribution in [0.4, 0.5) is 0 Å². The Morgan fingerprint density at radius 2 is 2.05 bits per heavy atom. The van der Waals surface area contributed by atoms with Crippen molar-refractivity contribution in [2.75, 3.05) is 7.11 Å². The molecule has 0 aromatic heterocycles. The number of ether oxygens (including phenoxy) is 1. The van der Waals surface area contributed by atoms with Crippen LogP contribution in [-0.4, -0.2) is 23.8 Å². The van der Waals surface area contributed by atoms with E-state index in [4.69, 9.17) is 15.6 Å². The molecule has 1 atom stereocenters. The Kier molecular flexibility index (Phi) is 5.51. The zero-order valence-electron chi connectivity index (χ0n) is 11.8. The highest BCUT2D eigenvalue weighted by Gasteiger charge is 2.20. The fourth-order valence-electron chi connectivity index (χ4n) is 2.02. The van der Waals surface area contributed by atoms with E-state index < -0.39 is 5.97 Å². The molecule has 106 valence electrons. The number of aliphatic carboxylic acids is 1. The van der Waals surface area contributed by atoms with Gasteiger partial charge in [-0.3, -0.25) is 4.79 Å². The molecular formula is C15H23NO3. The first-order chi connectivity index (χ1) is 8.85. The summed E-state index contributed by atoms with van der Waals surface area (Å²) in [6, 6.07) is 7.64. The summed E-state index contributed by atoms with van der Waals surface area (Å²) in [6.07, 6.45) is 1.28. The minimum absolute atomic E-state index is 0.0865. The Labute approximate surface area is 114 Å². The highest BCUT2D eigenvalue weighted by Crippen LogP contribution is 2.25. The number of benzene rings is 1. The van der Waals surface area contributed by atoms with Crippen LogP contribution in [0.25, 0.3) is 0 Å². The smallest absolute Gasteiger partial charge is 0.303 e. The Morgan fingerprint density at radius 1 is 1.42 bits per heavy atom. The van der Waals surface area contributed by atoms with E-state index in [0.29, 0.717) is 6.42 Å². The van der Waals surface area contributed by atoms with Crippen LogP contribution in [0.15, 0.2) is 24.3 Å². The lowest BCUT2D eigenvalue weighted by molar-refractivity contribution is -0.137. The molecule has 3 N–H and O–H groups in total. The molecule has 0 radical (unpaired) electrons. The average Bonchev–Trinajstić information content (AvgIpc) is 2.36. The molecule has 0 aliphatic heterocycles. The molecular weight excluding hydrogens is 242 g/mol. The van der Waals surface area contributed by atoms with E-state index in [-0.39, 0.29) is 18.1 Å². The molecule has 0 saturated heterocycles. The molecule has 1 aromatic carbocycles. The SMILES string of the molecule is COC(C)(C)Cc1ccccc1C(N)CCC(=O)O. The van der Waals surface area contributed by atoms with Gasteiger partial charge in [0.15, 0.2) is 0 Å². The second-order valence-electron chi connectivity index (χ2n) is 5.38. The first kappa shape index (κ1) is 15.7. The van der Waals surface area contributed by atoms with Gasteiger partial charge in [0.1, 0.15) is 0 Å². The van der Waals surface area contributed by atoms with Crippen LogP contribution in [0.5, 0.6) is 0 Å². The summed E-state index contributed by atoms with van der Waals surface area (Å²) in [7, 11) is 1.69. The van der Waals surface area contributed by atoms with Crippen LogP contribution in [-0.2, 0) is 16.0 Å². The van der Waals surface area contributed by atoms with Crippen LogP contribution in [0.2, 0.25) is 0 Å². The molecule has 0 saturated carbocycles. The zero-order chi connectivity index (χ0) is 14.5.